The predicted octanol–water partition coefficient (Wildman–Crippen LogP) is 3.67. The van der Waals surface area contributed by atoms with Crippen molar-refractivity contribution in [3.05, 3.63) is 47.4 Å². The van der Waals surface area contributed by atoms with Crippen LogP contribution in [0.3, 0.4) is 0 Å². The van der Waals surface area contributed by atoms with E-state index < -0.39 is 0 Å². The molecule has 2 aromatic rings. The zero-order chi connectivity index (χ0) is 13.5. The van der Waals surface area contributed by atoms with Gasteiger partial charge in [-0.1, -0.05) is 39.0 Å². The number of para-hydroxylation sites is 1. The van der Waals surface area contributed by atoms with Crippen molar-refractivity contribution in [2.24, 2.45) is 0 Å². The van der Waals surface area contributed by atoms with Crippen LogP contribution in [0.4, 0.5) is 0 Å². The summed E-state index contributed by atoms with van der Waals surface area (Å²) in [4.78, 5) is 9.20. The lowest BCUT2D eigenvalue weighted by molar-refractivity contribution is 0.451. The molecule has 3 nitrogen and oxygen atoms in total. The van der Waals surface area contributed by atoms with Gasteiger partial charge >= 0.3 is 0 Å². The molecule has 0 amide bonds. The Bertz CT molecular complexity index is 614. The maximum Gasteiger partial charge on any atom is 0.241 e. The summed E-state index contributed by atoms with van der Waals surface area (Å²) in [6.45, 7) is 6.45. The first-order valence-electron chi connectivity index (χ1n) is 6.66. The minimum Gasteiger partial charge on any atom is -0.437 e. The zero-order valence-electron chi connectivity index (χ0n) is 11.6. The van der Waals surface area contributed by atoms with Crippen LogP contribution in [-0.2, 0) is 18.3 Å². The molecule has 0 unspecified atom stereocenters. The van der Waals surface area contributed by atoms with Crippen molar-refractivity contribution < 1.29 is 4.74 Å². The van der Waals surface area contributed by atoms with Crippen LogP contribution >= 0.6 is 0 Å². The molecule has 0 radical (unpaired) electrons. The summed E-state index contributed by atoms with van der Waals surface area (Å²) in [5.41, 5.74) is 3.21. The van der Waals surface area contributed by atoms with E-state index >= 15 is 0 Å². The summed E-state index contributed by atoms with van der Waals surface area (Å²) in [6.07, 6.45) is 3.65. The van der Waals surface area contributed by atoms with Gasteiger partial charge in [0.15, 0.2) is 0 Å². The molecule has 3 rings (SSSR count). The van der Waals surface area contributed by atoms with Gasteiger partial charge in [0, 0.05) is 5.41 Å². The molecule has 1 aliphatic rings. The van der Waals surface area contributed by atoms with Gasteiger partial charge in [-0.3, -0.25) is 4.98 Å². The Kier molecular flexibility index (Phi) is 2.77. The molecule has 1 aromatic heterocycles. The third kappa shape index (κ3) is 2.33. The highest BCUT2D eigenvalue weighted by atomic mass is 16.5. The van der Waals surface area contributed by atoms with Gasteiger partial charge in [0.2, 0.25) is 5.88 Å². The van der Waals surface area contributed by atoms with E-state index in [4.69, 9.17) is 9.72 Å². The molecule has 1 aliphatic heterocycles. The van der Waals surface area contributed by atoms with Crippen LogP contribution in [0.15, 0.2) is 30.5 Å². The SMILES string of the molecule is CC(C)(C)c1cnc2c(n1)CCc1ccccc1O2. The van der Waals surface area contributed by atoms with Gasteiger partial charge in [-0.15, -0.1) is 0 Å². The van der Waals surface area contributed by atoms with Gasteiger partial charge < -0.3 is 4.74 Å². The summed E-state index contributed by atoms with van der Waals surface area (Å²) >= 11 is 0. The van der Waals surface area contributed by atoms with Crippen molar-refractivity contribution in [1.29, 1.82) is 0 Å². The lowest BCUT2D eigenvalue weighted by atomic mass is 9.92. The van der Waals surface area contributed by atoms with E-state index in [1.807, 2.05) is 24.4 Å². The highest BCUT2D eigenvalue weighted by Crippen LogP contribution is 2.32. The van der Waals surface area contributed by atoms with Crippen LogP contribution in [-0.4, -0.2) is 9.97 Å². The Morgan fingerprint density at radius 2 is 1.89 bits per heavy atom. The molecule has 0 spiro atoms. The first-order chi connectivity index (χ1) is 9.04. The number of fused-ring (bicyclic) bond motifs is 2. The van der Waals surface area contributed by atoms with Crippen LogP contribution in [0.2, 0.25) is 0 Å². The van der Waals surface area contributed by atoms with Gasteiger partial charge in [0.1, 0.15) is 11.4 Å². The zero-order valence-corrected chi connectivity index (χ0v) is 11.6. The van der Waals surface area contributed by atoms with Gasteiger partial charge in [0.25, 0.3) is 0 Å². The molecule has 0 aliphatic carbocycles. The first kappa shape index (κ1) is 12.2. The van der Waals surface area contributed by atoms with E-state index in [9.17, 15) is 0 Å². The van der Waals surface area contributed by atoms with Gasteiger partial charge in [-0.05, 0) is 24.5 Å². The number of nitrogens with zero attached hydrogens (tertiary/aromatic N) is 2. The van der Waals surface area contributed by atoms with E-state index in [1.165, 1.54) is 5.56 Å². The van der Waals surface area contributed by atoms with E-state index in [0.717, 1.165) is 30.0 Å². The Morgan fingerprint density at radius 1 is 1.11 bits per heavy atom. The second kappa shape index (κ2) is 4.34. The molecule has 0 saturated heterocycles. The number of rotatable bonds is 0. The summed E-state index contributed by atoms with van der Waals surface area (Å²) in [5.74, 6) is 1.55. The van der Waals surface area contributed by atoms with Crippen LogP contribution in [0.5, 0.6) is 11.6 Å². The van der Waals surface area contributed by atoms with Gasteiger partial charge in [-0.2, -0.15) is 0 Å². The fourth-order valence-electron chi connectivity index (χ4n) is 2.19. The average Bonchev–Trinajstić information content (AvgIpc) is 2.55. The highest BCUT2D eigenvalue weighted by Gasteiger charge is 2.21. The fraction of sp³-hybridized carbons (Fsp3) is 0.375. The molecule has 98 valence electrons. The number of hydrogen-bond donors (Lipinski definition) is 0. The third-order valence-corrected chi connectivity index (χ3v) is 3.39. The van der Waals surface area contributed by atoms with Crippen molar-refractivity contribution in [1.82, 2.24) is 9.97 Å². The number of aryl methyl sites for hydroxylation is 2. The molecule has 1 aromatic carbocycles. The fourth-order valence-corrected chi connectivity index (χ4v) is 2.19. The molecule has 0 fully saturated rings. The number of benzene rings is 1. The van der Waals surface area contributed by atoms with Crippen molar-refractivity contribution in [2.75, 3.05) is 0 Å². The van der Waals surface area contributed by atoms with E-state index in [-0.39, 0.29) is 5.41 Å². The third-order valence-electron chi connectivity index (χ3n) is 3.39. The number of hydrogen-bond acceptors (Lipinski definition) is 3. The van der Waals surface area contributed by atoms with E-state index in [2.05, 4.69) is 31.8 Å². The summed E-state index contributed by atoms with van der Waals surface area (Å²) in [7, 11) is 0. The molecule has 0 bridgehead atoms. The molecular formula is C16H18N2O. The number of aromatic nitrogens is 2. The second-order valence-corrected chi connectivity index (χ2v) is 5.97. The Labute approximate surface area is 113 Å². The Morgan fingerprint density at radius 3 is 2.68 bits per heavy atom. The van der Waals surface area contributed by atoms with Crippen molar-refractivity contribution in [3.63, 3.8) is 0 Å². The van der Waals surface area contributed by atoms with Gasteiger partial charge in [0.05, 0.1) is 11.9 Å². The first-order valence-corrected chi connectivity index (χ1v) is 6.66. The van der Waals surface area contributed by atoms with Crippen LogP contribution in [0.1, 0.15) is 37.7 Å². The largest absolute Gasteiger partial charge is 0.437 e. The molecule has 0 saturated carbocycles. The van der Waals surface area contributed by atoms with Crippen LogP contribution < -0.4 is 4.74 Å². The summed E-state index contributed by atoms with van der Waals surface area (Å²) < 4.78 is 5.90. The molecule has 19 heavy (non-hydrogen) atoms. The second-order valence-electron chi connectivity index (χ2n) is 5.97. The lowest BCUT2D eigenvalue weighted by Crippen LogP contribution is -2.15. The molecule has 0 atom stereocenters. The van der Waals surface area contributed by atoms with E-state index in [1.54, 1.807) is 0 Å². The Hall–Kier alpha value is -1.90. The minimum absolute atomic E-state index is 0.0151. The molecule has 3 heteroatoms. The molecule has 2 heterocycles. The topological polar surface area (TPSA) is 35.0 Å². The maximum atomic E-state index is 5.90. The van der Waals surface area contributed by atoms with Gasteiger partial charge in [-0.25, -0.2) is 4.98 Å². The van der Waals surface area contributed by atoms with Crippen LogP contribution in [0, 0.1) is 0 Å². The molecule has 0 N–H and O–H groups in total. The predicted molar refractivity (Wildman–Crippen MR) is 74.7 cm³/mol. The number of ether oxygens (including phenoxy) is 1. The van der Waals surface area contributed by atoms with Crippen LogP contribution in [0.25, 0.3) is 0 Å². The lowest BCUT2D eigenvalue weighted by Gasteiger charge is -2.18. The average molecular weight is 254 g/mol. The molecular weight excluding hydrogens is 236 g/mol. The Balaban J connectivity index is 2.02. The quantitative estimate of drug-likeness (QED) is 0.719. The minimum atomic E-state index is 0.0151. The normalized spacial score (nSPS) is 14.1. The van der Waals surface area contributed by atoms with Crippen molar-refractivity contribution in [2.45, 2.75) is 39.0 Å². The standard InChI is InChI=1S/C16H18N2O/c1-16(2,3)14-10-17-15-12(18-14)9-8-11-6-4-5-7-13(11)19-15/h4-7,10H,8-9H2,1-3H3. The van der Waals surface area contributed by atoms with Crippen molar-refractivity contribution in [3.8, 4) is 11.6 Å². The van der Waals surface area contributed by atoms with E-state index in [0.29, 0.717) is 5.88 Å². The maximum absolute atomic E-state index is 5.90. The summed E-state index contributed by atoms with van der Waals surface area (Å²) in [6, 6.07) is 8.12. The smallest absolute Gasteiger partial charge is 0.241 e. The summed E-state index contributed by atoms with van der Waals surface area (Å²) in [5, 5.41) is 0. The highest BCUT2D eigenvalue weighted by molar-refractivity contribution is 5.40. The van der Waals surface area contributed by atoms with Crippen molar-refractivity contribution >= 4 is 0 Å². The monoisotopic (exact) mass is 254 g/mol.